The average Bonchev–Trinajstić information content (AvgIpc) is 3.30. The smallest absolute Gasteiger partial charge is 0.319 e. The SMILES string of the molecule is C=CC(=O)Nc1cc(Nc2nccc(Nc3cn(C)c4ccccc34)n2)c(OC)cc1N(C)CCN(C)CC(=O)OC. The molecule has 220 valence electrons. The monoisotopic (exact) mass is 572 g/mol. The van der Waals surface area contributed by atoms with Gasteiger partial charge < -0.3 is 34.9 Å². The molecule has 42 heavy (non-hydrogen) atoms. The number of hydrogen-bond donors (Lipinski definition) is 3. The van der Waals surface area contributed by atoms with Crippen molar-refractivity contribution in [2.45, 2.75) is 0 Å². The number of nitrogens with one attached hydrogen (secondary N) is 3. The normalized spacial score (nSPS) is 10.8. The highest BCUT2D eigenvalue weighted by molar-refractivity contribution is 6.02. The molecule has 2 heterocycles. The summed E-state index contributed by atoms with van der Waals surface area (Å²) in [5.74, 6) is 0.795. The van der Waals surface area contributed by atoms with Gasteiger partial charge in [-0.05, 0) is 31.3 Å². The zero-order valence-electron chi connectivity index (χ0n) is 24.5. The quantitative estimate of drug-likeness (QED) is 0.159. The van der Waals surface area contributed by atoms with Crippen LogP contribution < -0.4 is 25.6 Å². The molecule has 4 rings (SSSR count). The molecule has 0 spiro atoms. The Morgan fingerprint density at radius 3 is 2.57 bits per heavy atom. The molecule has 0 saturated heterocycles. The third kappa shape index (κ3) is 7.15. The number of likely N-dealkylation sites (N-methyl/N-ethyl adjacent to an activating group) is 2. The number of aryl methyl sites for hydroxylation is 1. The molecule has 1 amide bonds. The maximum absolute atomic E-state index is 12.3. The van der Waals surface area contributed by atoms with Crippen LogP contribution in [-0.2, 0) is 21.4 Å². The molecule has 0 aliphatic rings. The van der Waals surface area contributed by atoms with E-state index in [2.05, 4.69) is 49.2 Å². The number of aromatic nitrogens is 3. The second-order valence-corrected chi connectivity index (χ2v) is 9.68. The molecule has 0 fully saturated rings. The van der Waals surface area contributed by atoms with Crippen LogP contribution in [0.4, 0.5) is 34.5 Å². The van der Waals surface area contributed by atoms with Crippen molar-refractivity contribution in [1.29, 1.82) is 0 Å². The third-order valence-electron chi connectivity index (χ3n) is 6.68. The van der Waals surface area contributed by atoms with E-state index in [1.54, 1.807) is 25.4 Å². The first kappa shape index (κ1) is 29.9. The van der Waals surface area contributed by atoms with Crippen LogP contribution >= 0.6 is 0 Å². The van der Waals surface area contributed by atoms with Crippen molar-refractivity contribution in [1.82, 2.24) is 19.4 Å². The van der Waals surface area contributed by atoms with E-state index < -0.39 is 0 Å². The maximum atomic E-state index is 12.3. The molecule has 2 aromatic heterocycles. The van der Waals surface area contributed by atoms with Gasteiger partial charge in [0.05, 0.1) is 43.5 Å². The van der Waals surface area contributed by atoms with Crippen LogP contribution in [0, 0.1) is 0 Å². The summed E-state index contributed by atoms with van der Waals surface area (Å²) >= 11 is 0. The number of hydrogen-bond acceptors (Lipinski definition) is 10. The topological polar surface area (TPSA) is 126 Å². The van der Waals surface area contributed by atoms with Gasteiger partial charge in [0.1, 0.15) is 11.6 Å². The fourth-order valence-corrected chi connectivity index (χ4v) is 4.43. The van der Waals surface area contributed by atoms with Gasteiger partial charge in [0.25, 0.3) is 0 Å². The number of anilines is 6. The number of benzene rings is 2. The van der Waals surface area contributed by atoms with Crippen molar-refractivity contribution >= 4 is 57.3 Å². The molecular formula is C30H36N8O4. The highest BCUT2D eigenvalue weighted by Crippen LogP contribution is 2.38. The lowest BCUT2D eigenvalue weighted by Crippen LogP contribution is -2.34. The Kier molecular flexibility index (Phi) is 9.61. The molecule has 12 heteroatoms. The Bertz CT molecular complexity index is 1590. The van der Waals surface area contributed by atoms with E-state index in [4.69, 9.17) is 9.47 Å². The van der Waals surface area contributed by atoms with E-state index in [1.165, 1.54) is 13.2 Å². The second-order valence-electron chi connectivity index (χ2n) is 9.68. The van der Waals surface area contributed by atoms with Crippen LogP contribution in [0.25, 0.3) is 10.9 Å². The van der Waals surface area contributed by atoms with Crippen LogP contribution in [0.1, 0.15) is 0 Å². The zero-order valence-corrected chi connectivity index (χ0v) is 24.5. The summed E-state index contributed by atoms with van der Waals surface area (Å²) in [6, 6.07) is 13.5. The summed E-state index contributed by atoms with van der Waals surface area (Å²) in [4.78, 5) is 36.8. The van der Waals surface area contributed by atoms with E-state index in [9.17, 15) is 9.59 Å². The van der Waals surface area contributed by atoms with Gasteiger partial charge >= 0.3 is 5.97 Å². The van der Waals surface area contributed by atoms with Crippen LogP contribution in [0.15, 0.2) is 67.5 Å². The van der Waals surface area contributed by atoms with Crippen molar-refractivity contribution in [3.63, 3.8) is 0 Å². The van der Waals surface area contributed by atoms with Crippen LogP contribution in [0.2, 0.25) is 0 Å². The third-order valence-corrected chi connectivity index (χ3v) is 6.68. The van der Waals surface area contributed by atoms with Crippen molar-refractivity contribution in [2.24, 2.45) is 7.05 Å². The predicted molar refractivity (Wildman–Crippen MR) is 166 cm³/mol. The van der Waals surface area contributed by atoms with Gasteiger partial charge in [-0.15, -0.1) is 0 Å². The minimum atomic E-state index is -0.360. The first-order chi connectivity index (χ1) is 20.2. The zero-order chi connectivity index (χ0) is 30.2. The van der Waals surface area contributed by atoms with Crippen LogP contribution in [-0.4, -0.2) is 79.3 Å². The van der Waals surface area contributed by atoms with Gasteiger partial charge in [-0.1, -0.05) is 24.8 Å². The minimum Gasteiger partial charge on any atom is -0.494 e. The van der Waals surface area contributed by atoms with Crippen molar-refractivity contribution in [3.8, 4) is 5.75 Å². The highest BCUT2D eigenvalue weighted by atomic mass is 16.5. The van der Waals surface area contributed by atoms with E-state index in [-0.39, 0.29) is 18.4 Å². The van der Waals surface area contributed by atoms with Crippen LogP contribution in [0.5, 0.6) is 5.75 Å². The van der Waals surface area contributed by atoms with E-state index in [0.29, 0.717) is 47.7 Å². The average molecular weight is 573 g/mol. The molecule has 3 N–H and O–H groups in total. The Morgan fingerprint density at radius 2 is 1.83 bits per heavy atom. The molecule has 12 nitrogen and oxygen atoms in total. The summed E-state index contributed by atoms with van der Waals surface area (Å²) in [5, 5.41) is 10.6. The summed E-state index contributed by atoms with van der Waals surface area (Å²) < 4.78 is 12.5. The molecule has 0 saturated carbocycles. The first-order valence-corrected chi connectivity index (χ1v) is 13.3. The van der Waals surface area contributed by atoms with E-state index in [1.807, 2.05) is 55.3 Å². The number of para-hydroxylation sites is 1. The fourth-order valence-electron chi connectivity index (χ4n) is 4.43. The van der Waals surface area contributed by atoms with Crippen LogP contribution in [0.3, 0.4) is 0 Å². The van der Waals surface area contributed by atoms with Crippen molar-refractivity contribution < 1.29 is 19.1 Å². The maximum Gasteiger partial charge on any atom is 0.319 e. The van der Waals surface area contributed by atoms with Gasteiger partial charge in [0.2, 0.25) is 11.9 Å². The Balaban J connectivity index is 1.58. The molecular weight excluding hydrogens is 536 g/mol. The van der Waals surface area contributed by atoms with Gasteiger partial charge in [0.15, 0.2) is 0 Å². The first-order valence-electron chi connectivity index (χ1n) is 13.3. The standard InChI is InChI=1S/C30H36N8O4/c1-7-28(39)33-21-16-22(26(41-5)17-25(21)37(3)15-14-36(2)19-29(40)42-6)34-30-31-13-12-27(35-30)32-23-18-38(4)24-11-9-8-10-20(23)24/h7-13,16-18H,1,14-15,19H2,2-6H3,(H,33,39)(H2,31,32,34,35). The number of esters is 1. The Labute approximate surface area is 244 Å². The number of carbonyl (C=O) groups excluding carboxylic acids is 2. The molecule has 0 unspecified atom stereocenters. The number of nitrogens with zero attached hydrogens (tertiary/aromatic N) is 5. The molecule has 0 aliphatic carbocycles. The lowest BCUT2D eigenvalue weighted by molar-refractivity contribution is -0.141. The molecule has 0 aliphatic heterocycles. The largest absolute Gasteiger partial charge is 0.494 e. The molecule has 0 bridgehead atoms. The van der Waals surface area contributed by atoms with Crippen molar-refractivity contribution in [2.75, 3.05) is 68.8 Å². The lowest BCUT2D eigenvalue weighted by atomic mass is 10.2. The number of fused-ring (bicyclic) bond motifs is 1. The number of methoxy groups -OCH3 is 2. The van der Waals surface area contributed by atoms with Gasteiger partial charge in [-0.25, -0.2) is 4.98 Å². The Hall–Kier alpha value is -5.10. The Morgan fingerprint density at radius 1 is 1.05 bits per heavy atom. The lowest BCUT2D eigenvalue weighted by Gasteiger charge is -2.26. The highest BCUT2D eigenvalue weighted by Gasteiger charge is 2.17. The number of ether oxygens (including phenoxy) is 2. The fraction of sp³-hybridized carbons (Fsp3) is 0.267. The summed E-state index contributed by atoms with van der Waals surface area (Å²) in [7, 11) is 8.65. The molecule has 4 aromatic rings. The predicted octanol–water partition coefficient (Wildman–Crippen LogP) is 4.13. The molecule has 2 aromatic carbocycles. The second kappa shape index (κ2) is 13.5. The number of amides is 1. The van der Waals surface area contributed by atoms with Gasteiger partial charge in [-0.3, -0.25) is 14.5 Å². The summed E-state index contributed by atoms with van der Waals surface area (Å²) in [5.41, 5.74) is 3.83. The number of carbonyl (C=O) groups is 2. The minimum absolute atomic E-state index is 0.172. The molecule has 0 radical (unpaired) electrons. The van der Waals surface area contributed by atoms with Gasteiger partial charge in [0, 0.05) is 56.5 Å². The number of rotatable bonds is 13. The van der Waals surface area contributed by atoms with Gasteiger partial charge in [-0.2, -0.15) is 4.98 Å². The van der Waals surface area contributed by atoms with Crippen molar-refractivity contribution in [3.05, 3.63) is 67.5 Å². The van der Waals surface area contributed by atoms with E-state index in [0.717, 1.165) is 16.6 Å². The van der Waals surface area contributed by atoms with E-state index >= 15 is 0 Å². The summed E-state index contributed by atoms with van der Waals surface area (Å²) in [6.45, 7) is 4.88. The summed E-state index contributed by atoms with van der Waals surface area (Å²) in [6.07, 6.45) is 4.87. The molecule has 0 atom stereocenters.